The predicted octanol–water partition coefficient (Wildman–Crippen LogP) is 1.72. The van der Waals surface area contributed by atoms with E-state index in [9.17, 15) is 0 Å². The molecule has 92 valence electrons. The fourth-order valence-corrected chi connectivity index (χ4v) is 2.55. The molecule has 2 N–H and O–H groups in total. The quantitative estimate of drug-likeness (QED) is 0.900. The van der Waals surface area contributed by atoms with E-state index in [1.165, 1.54) is 0 Å². The van der Waals surface area contributed by atoms with Crippen molar-refractivity contribution in [3.05, 3.63) is 28.0 Å². The molecule has 2 aromatic heterocycles. The van der Waals surface area contributed by atoms with Crippen molar-refractivity contribution in [1.82, 2.24) is 14.8 Å². The molecule has 0 bridgehead atoms. The maximum atomic E-state index is 6.26. The van der Waals surface area contributed by atoms with Crippen LogP contribution in [0.4, 0.5) is 0 Å². The Morgan fingerprint density at radius 3 is 2.82 bits per heavy atom. The molecule has 0 aliphatic carbocycles. The first-order valence-electron chi connectivity index (χ1n) is 5.45. The van der Waals surface area contributed by atoms with Crippen molar-refractivity contribution in [3.63, 3.8) is 0 Å². The maximum Gasteiger partial charge on any atom is 0.161 e. The topological polar surface area (TPSA) is 66.0 Å². The zero-order chi connectivity index (χ0) is 12.4. The summed E-state index contributed by atoms with van der Waals surface area (Å²) in [5, 5.41) is 5.27. The lowest BCUT2D eigenvalue weighted by Crippen LogP contribution is -2.17. The van der Waals surface area contributed by atoms with Crippen LogP contribution in [0.3, 0.4) is 0 Å². The summed E-state index contributed by atoms with van der Waals surface area (Å²) in [5.74, 6) is 0.727. The van der Waals surface area contributed by atoms with Crippen LogP contribution in [0.25, 0.3) is 0 Å². The number of methoxy groups -OCH3 is 1. The number of nitrogens with two attached hydrogens (primary N) is 1. The summed E-state index contributed by atoms with van der Waals surface area (Å²) in [6.45, 7) is 4.76. The van der Waals surface area contributed by atoms with Gasteiger partial charge in [-0.05, 0) is 13.8 Å². The third kappa shape index (κ3) is 2.18. The molecule has 2 heterocycles. The van der Waals surface area contributed by atoms with Gasteiger partial charge in [0.2, 0.25) is 0 Å². The summed E-state index contributed by atoms with van der Waals surface area (Å²) in [4.78, 5) is 5.25. The number of rotatable bonds is 4. The molecule has 0 aromatic carbocycles. The van der Waals surface area contributed by atoms with Crippen molar-refractivity contribution in [2.45, 2.75) is 26.4 Å². The minimum Gasteiger partial charge on any atom is -0.493 e. The molecule has 0 aliphatic heterocycles. The molecule has 2 rings (SSSR count). The van der Waals surface area contributed by atoms with Crippen LogP contribution in [0.1, 0.15) is 28.5 Å². The highest BCUT2D eigenvalue weighted by Gasteiger charge is 2.21. The first-order chi connectivity index (χ1) is 8.17. The number of hydrogen-bond acceptors (Lipinski definition) is 5. The number of thiazole rings is 1. The van der Waals surface area contributed by atoms with Crippen LogP contribution in [-0.2, 0) is 6.54 Å². The van der Waals surface area contributed by atoms with Gasteiger partial charge in [-0.1, -0.05) is 0 Å². The van der Waals surface area contributed by atoms with Crippen LogP contribution in [0.5, 0.6) is 5.75 Å². The van der Waals surface area contributed by atoms with Crippen LogP contribution in [0.2, 0.25) is 0 Å². The number of ether oxygens (including phenoxy) is 1. The predicted molar refractivity (Wildman–Crippen MR) is 67.3 cm³/mol. The average molecular weight is 252 g/mol. The molecule has 0 spiro atoms. The maximum absolute atomic E-state index is 6.26. The van der Waals surface area contributed by atoms with Crippen molar-refractivity contribution in [1.29, 1.82) is 0 Å². The number of hydrogen-bond donors (Lipinski definition) is 1. The number of nitrogens with zero attached hydrogens (tertiary/aromatic N) is 3. The van der Waals surface area contributed by atoms with Gasteiger partial charge in [0.1, 0.15) is 5.69 Å². The molecule has 2 aromatic rings. The van der Waals surface area contributed by atoms with Crippen molar-refractivity contribution >= 4 is 11.3 Å². The summed E-state index contributed by atoms with van der Waals surface area (Å²) in [6.07, 6.45) is 3.52. The zero-order valence-corrected chi connectivity index (χ0v) is 11.0. The van der Waals surface area contributed by atoms with Crippen LogP contribution in [0, 0.1) is 6.92 Å². The lowest BCUT2D eigenvalue weighted by Gasteiger charge is -2.13. The summed E-state index contributed by atoms with van der Waals surface area (Å²) >= 11 is 1.60. The Balaban J connectivity index is 2.41. The summed E-state index contributed by atoms with van der Waals surface area (Å²) in [6, 6.07) is -0.237. The van der Waals surface area contributed by atoms with Crippen molar-refractivity contribution in [2.24, 2.45) is 5.73 Å². The SMILES string of the molecule is CCn1ncc(OC)c1C(N)c1cnc(C)s1. The van der Waals surface area contributed by atoms with E-state index in [0.29, 0.717) is 0 Å². The second-order valence-electron chi connectivity index (χ2n) is 3.67. The van der Waals surface area contributed by atoms with Gasteiger partial charge in [-0.25, -0.2) is 4.98 Å². The molecule has 0 saturated heterocycles. The van der Waals surface area contributed by atoms with Gasteiger partial charge >= 0.3 is 0 Å². The zero-order valence-electron chi connectivity index (χ0n) is 10.2. The molecular weight excluding hydrogens is 236 g/mol. The van der Waals surface area contributed by atoms with Gasteiger partial charge in [-0.3, -0.25) is 4.68 Å². The van der Waals surface area contributed by atoms with Gasteiger partial charge < -0.3 is 10.5 Å². The third-order valence-corrected chi connectivity index (χ3v) is 3.60. The van der Waals surface area contributed by atoms with E-state index >= 15 is 0 Å². The van der Waals surface area contributed by atoms with Gasteiger partial charge in [-0.2, -0.15) is 5.10 Å². The Hall–Kier alpha value is -1.40. The lowest BCUT2D eigenvalue weighted by atomic mass is 10.2. The van der Waals surface area contributed by atoms with Gasteiger partial charge in [0.25, 0.3) is 0 Å². The summed E-state index contributed by atoms with van der Waals surface area (Å²) in [5.41, 5.74) is 7.16. The molecule has 0 amide bonds. The second kappa shape index (κ2) is 4.85. The first-order valence-corrected chi connectivity index (χ1v) is 6.26. The van der Waals surface area contributed by atoms with E-state index in [0.717, 1.165) is 27.9 Å². The molecule has 1 atom stereocenters. The highest BCUT2D eigenvalue weighted by atomic mass is 32.1. The van der Waals surface area contributed by atoms with E-state index in [-0.39, 0.29) is 6.04 Å². The standard InChI is InChI=1S/C11H16N4OS/c1-4-15-11(8(16-3)5-14-15)10(12)9-6-13-7(2)17-9/h5-6,10H,4,12H2,1-3H3. The van der Waals surface area contributed by atoms with E-state index < -0.39 is 0 Å². The number of aromatic nitrogens is 3. The molecule has 0 radical (unpaired) electrons. The summed E-state index contributed by atoms with van der Waals surface area (Å²) < 4.78 is 7.16. The van der Waals surface area contributed by atoms with Crippen molar-refractivity contribution in [3.8, 4) is 5.75 Å². The molecular formula is C11H16N4OS. The van der Waals surface area contributed by atoms with Crippen LogP contribution < -0.4 is 10.5 Å². The Labute approximate surface area is 104 Å². The molecule has 0 aliphatic rings. The fraction of sp³-hybridized carbons (Fsp3) is 0.455. The van der Waals surface area contributed by atoms with Crippen molar-refractivity contribution in [2.75, 3.05) is 7.11 Å². The Morgan fingerprint density at radius 2 is 2.29 bits per heavy atom. The van der Waals surface area contributed by atoms with Crippen LogP contribution in [0.15, 0.2) is 12.4 Å². The monoisotopic (exact) mass is 252 g/mol. The lowest BCUT2D eigenvalue weighted by molar-refractivity contribution is 0.405. The Kier molecular flexibility index (Phi) is 3.44. The summed E-state index contributed by atoms with van der Waals surface area (Å²) in [7, 11) is 1.63. The molecule has 1 unspecified atom stereocenters. The fourth-order valence-electron chi connectivity index (χ4n) is 1.76. The van der Waals surface area contributed by atoms with Crippen LogP contribution in [-0.4, -0.2) is 21.9 Å². The van der Waals surface area contributed by atoms with E-state index in [1.807, 2.05) is 24.7 Å². The first kappa shape index (κ1) is 12.1. The largest absolute Gasteiger partial charge is 0.493 e. The van der Waals surface area contributed by atoms with Gasteiger partial charge in [0.15, 0.2) is 5.75 Å². The minimum absolute atomic E-state index is 0.237. The Morgan fingerprint density at radius 1 is 1.53 bits per heavy atom. The highest BCUT2D eigenvalue weighted by Crippen LogP contribution is 2.30. The molecule has 0 saturated carbocycles. The normalized spacial score (nSPS) is 12.7. The highest BCUT2D eigenvalue weighted by molar-refractivity contribution is 7.11. The third-order valence-electron chi connectivity index (χ3n) is 2.60. The average Bonchev–Trinajstić information content (AvgIpc) is 2.93. The van der Waals surface area contributed by atoms with Gasteiger partial charge in [-0.15, -0.1) is 11.3 Å². The number of aryl methyl sites for hydroxylation is 2. The van der Waals surface area contributed by atoms with E-state index in [1.54, 1.807) is 24.6 Å². The Bertz CT molecular complexity index is 484. The molecule has 6 heteroatoms. The molecule has 0 fully saturated rings. The molecule has 5 nitrogen and oxygen atoms in total. The van der Waals surface area contributed by atoms with E-state index in [4.69, 9.17) is 10.5 Å². The smallest absolute Gasteiger partial charge is 0.161 e. The van der Waals surface area contributed by atoms with Gasteiger partial charge in [0, 0.05) is 17.6 Å². The van der Waals surface area contributed by atoms with E-state index in [2.05, 4.69) is 10.1 Å². The molecule has 17 heavy (non-hydrogen) atoms. The minimum atomic E-state index is -0.237. The second-order valence-corrected chi connectivity index (χ2v) is 4.94. The van der Waals surface area contributed by atoms with Crippen LogP contribution >= 0.6 is 11.3 Å². The van der Waals surface area contributed by atoms with Gasteiger partial charge in [0.05, 0.1) is 24.4 Å². The van der Waals surface area contributed by atoms with Crippen molar-refractivity contribution < 1.29 is 4.74 Å².